The van der Waals surface area contributed by atoms with Crippen molar-refractivity contribution in [2.24, 2.45) is 0 Å². The van der Waals surface area contributed by atoms with E-state index in [1.807, 2.05) is 0 Å². The van der Waals surface area contributed by atoms with Crippen molar-refractivity contribution in [3.63, 3.8) is 0 Å². The second-order valence-electron chi connectivity index (χ2n) is 5.53. The van der Waals surface area contributed by atoms with Crippen LogP contribution in [-0.4, -0.2) is 17.5 Å². The zero-order valence-corrected chi connectivity index (χ0v) is 11.5. The van der Waals surface area contributed by atoms with Crippen molar-refractivity contribution >= 4 is 0 Å². The molecule has 0 fully saturated rings. The fourth-order valence-electron chi connectivity index (χ4n) is 2.99. The Kier molecular flexibility index (Phi) is 3.65. The standard InChI is InChI=1S/C18H21N/c1-15-13-18-10-6-5-9-17(18)11-12-19(15)14-16-7-3-2-4-8-16/h2-10,15H,11-14H2,1H3. The van der Waals surface area contributed by atoms with Crippen molar-refractivity contribution in [3.8, 4) is 0 Å². The third-order valence-corrected chi connectivity index (χ3v) is 4.15. The van der Waals surface area contributed by atoms with Crippen LogP contribution in [0.3, 0.4) is 0 Å². The molecule has 1 aliphatic heterocycles. The van der Waals surface area contributed by atoms with Crippen molar-refractivity contribution in [3.05, 3.63) is 71.3 Å². The Morgan fingerprint density at radius 3 is 2.42 bits per heavy atom. The molecule has 0 spiro atoms. The molecule has 0 saturated carbocycles. The van der Waals surface area contributed by atoms with Gasteiger partial charge in [0.25, 0.3) is 0 Å². The smallest absolute Gasteiger partial charge is 0.0236 e. The average Bonchev–Trinajstić information content (AvgIpc) is 2.60. The predicted octanol–water partition coefficient (Wildman–Crippen LogP) is 3.68. The molecule has 1 atom stereocenters. The van der Waals surface area contributed by atoms with Gasteiger partial charge in [-0.1, -0.05) is 54.6 Å². The molecule has 0 amide bonds. The summed E-state index contributed by atoms with van der Waals surface area (Å²) < 4.78 is 0. The van der Waals surface area contributed by atoms with E-state index in [0.29, 0.717) is 6.04 Å². The van der Waals surface area contributed by atoms with E-state index >= 15 is 0 Å². The molecular formula is C18H21N. The van der Waals surface area contributed by atoms with Gasteiger partial charge in [0.2, 0.25) is 0 Å². The van der Waals surface area contributed by atoms with Gasteiger partial charge in [0.1, 0.15) is 0 Å². The summed E-state index contributed by atoms with van der Waals surface area (Å²) in [5, 5.41) is 0. The highest BCUT2D eigenvalue weighted by Crippen LogP contribution is 2.21. The summed E-state index contributed by atoms with van der Waals surface area (Å²) in [5.41, 5.74) is 4.48. The molecule has 2 aromatic carbocycles. The Morgan fingerprint density at radius 2 is 1.63 bits per heavy atom. The molecule has 2 aromatic rings. The van der Waals surface area contributed by atoms with Crippen LogP contribution < -0.4 is 0 Å². The Labute approximate surface area is 115 Å². The second kappa shape index (κ2) is 5.58. The van der Waals surface area contributed by atoms with Gasteiger partial charge in [0, 0.05) is 19.1 Å². The molecule has 0 saturated heterocycles. The lowest BCUT2D eigenvalue weighted by atomic mass is 10.0. The van der Waals surface area contributed by atoms with E-state index in [9.17, 15) is 0 Å². The molecule has 0 aromatic heterocycles. The van der Waals surface area contributed by atoms with Gasteiger partial charge in [-0.15, -0.1) is 0 Å². The third-order valence-electron chi connectivity index (χ3n) is 4.15. The Bertz CT molecular complexity index is 532. The maximum Gasteiger partial charge on any atom is 0.0236 e. The molecule has 1 nitrogen and oxygen atoms in total. The first-order chi connectivity index (χ1) is 9.33. The minimum atomic E-state index is 0.615. The quantitative estimate of drug-likeness (QED) is 0.787. The van der Waals surface area contributed by atoms with Crippen LogP contribution in [0, 0.1) is 0 Å². The normalized spacial score (nSPS) is 19.7. The van der Waals surface area contributed by atoms with Gasteiger partial charge in [0.15, 0.2) is 0 Å². The predicted molar refractivity (Wildman–Crippen MR) is 80.2 cm³/mol. The Hall–Kier alpha value is -1.60. The zero-order valence-electron chi connectivity index (χ0n) is 11.5. The lowest BCUT2D eigenvalue weighted by Gasteiger charge is -2.27. The lowest BCUT2D eigenvalue weighted by Crippen LogP contribution is -2.33. The van der Waals surface area contributed by atoms with Gasteiger partial charge < -0.3 is 0 Å². The van der Waals surface area contributed by atoms with Crippen LogP contribution >= 0.6 is 0 Å². The van der Waals surface area contributed by atoms with Crippen LogP contribution in [0.15, 0.2) is 54.6 Å². The van der Waals surface area contributed by atoms with Gasteiger partial charge in [-0.3, -0.25) is 4.90 Å². The van der Waals surface area contributed by atoms with Crippen LogP contribution in [0.4, 0.5) is 0 Å². The van der Waals surface area contributed by atoms with Crippen molar-refractivity contribution in [1.82, 2.24) is 4.90 Å². The van der Waals surface area contributed by atoms with Gasteiger partial charge in [-0.2, -0.15) is 0 Å². The molecule has 1 unspecified atom stereocenters. The number of rotatable bonds is 2. The Balaban J connectivity index is 1.76. The first kappa shape index (κ1) is 12.4. The summed E-state index contributed by atoms with van der Waals surface area (Å²) in [6, 6.07) is 20.3. The highest BCUT2D eigenvalue weighted by atomic mass is 15.1. The maximum atomic E-state index is 2.61. The fourth-order valence-corrected chi connectivity index (χ4v) is 2.99. The van der Waals surface area contributed by atoms with Crippen molar-refractivity contribution in [2.45, 2.75) is 32.4 Å². The molecule has 0 aliphatic carbocycles. The highest BCUT2D eigenvalue weighted by molar-refractivity contribution is 5.29. The molecule has 0 bridgehead atoms. The fraction of sp³-hybridized carbons (Fsp3) is 0.333. The molecule has 0 radical (unpaired) electrons. The van der Waals surface area contributed by atoms with E-state index < -0.39 is 0 Å². The number of benzene rings is 2. The number of fused-ring (bicyclic) bond motifs is 1. The SMILES string of the molecule is CC1Cc2ccccc2CCN1Cc1ccccc1. The van der Waals surface area contributed by atoms with Crippen molar-refractivity contribution < 1.29 is 0 Å². The zero-order chi connectivity index (χ0) is 13.1. The van der Waals surface area contributed by atoms with Crippen molar-refractivity contribution in [2.75, 3.05) is 6.54 Å². The summed E-state index contributed by atoms with van der Waals surface area (Å²) in [4.78, 5) is 2.61. The summed E-state index contributed by atoms with van der Waals surface area (Å²) in [5.74, 6) is 0. The van der Waals surface area contributed by atoms with Crippen LogP contribution in [0.25, 0.3) is 0 Å². The largest absolute Gasteiger partial charge is 0.296 e. The molecule has 0 N–H and O–H groups in total. The minimum absolute atomic E-state index is 0.615. The molecule has 1 heteroatoms. The molecule has 19 heavy (non-hydrogen) atoms. The average molecular weight is 251 g/mol. The third kappa shape index (κ3) is 2.87. The second-order valence-corrected chi connectivity index (χ2v) is 5.53. The topological polar surface area (TPSA) is 3.24 Å². The highest BCUT2D eigenvalue weighted by Gasteiger charge is 2.19. The van der Waals surface area contributed by atoms with Gasteiger partial charge in [-0.05, 0) is 36.5 Å². The monoisotopic (exact) mass is 251 g/mol. The molecule has 98 valence electrons. The summed E-state index contributed by atoms with van der Waals surface area (Å²) >= 11 is 0. The number of hydrogen-bond donors (Lipinski definition) is 0. The molecular weight excluding hydrogens is 230 g/mol. The molecule has 1 heterocycles. The maximum absolute atomic E-state index is 2.61. The molecule has 1 aliphatic rings. The van der Waals surface area contributed by atoms with Crippen LogP contribution in [0.2, 0.25) is 0 Å². The molecule has 3 rings (SSSR count). The summed E-state index contributed by atoms with van der Waals surface area (Å²) in [7, 11) is 0. The summed E-state index contributed by atoms with van der Waals surface area (Å²) in [6.45, 7) is 4.58. The van der Waals surface area contributed by atoms with E-state index in [1.54, 1.807) is 0 Å². The lowest BCUT2D eigenvalue weighted by molar-refractivity contribution is 0.207. The van der Waals surface area contributed by atoms with E-state index in [4.69, 9.17) is 0 Å². The minimum Gasteiger partial charge on any atom is -0.296 e. The Morgan fingerprint density at radius 1 is 0.947 bits per heavy atom. The van der Waals surface area contributed by atoms with Gasteiger partial charge in [0.05, 0.1) is 0 Å². The first-order valence-electron chi connectivity index (χ1n) is 7.17. The van der Waals surface area contributed by atoms with E-state index in [2.05, 4.69) is 66.4 Å². The van der Waals surface area contributed by atoms with Crippen LogP contribution in [0.1, 0.15) is 23.6 Å². The number of nitrogens with zero attached hydrogens (tertiary/aromatic N) is 1. The van der Waals surface area contributed by atoms with E-state index in [1.165, 1.54) is 29.5 Å². The van der Waals surface area contributed by atoms with Crippen molar-refractivity contribution in [1.29, 1.82) is 0 Å². The first-order valence-corrected chi connectivity index (χ1v) is 7.17. The number of hydrogen-bond acceptors (Lipinski definition) is 1. The summed E-state index contributed by atoms with van der Waals surface area (Å²) in [6.07, 6.45) is 2.34. The van der Waals surface area contributed by atoms with Gasteiger partial charge in [-0.25, -0.2) is 0 Å². The van der Waals surface area contributed by atoms with E-state index in [0.717, 1.165) is 13.1 Å². The van der Waals surface area contributed by atoms with Crippen LogP contribution in [0.5, 0.6) is 0 Å². The van der Waals surface area contributed by atoms with Gasteiger partial charge >= 0.3 is 0 Å². The van der Waals surface area contributed by atoms with E-state index in [-0.39, 0.29) is 0 Å². The van der Waals surface area contributed by atoms with Crippen LogP contribution in [-0.2, 0) is 19.4 Å².